The highest BCUT2D eigenvalue weighted by molar-refractivity contribution is 5.78. The molecule has 0 saturated heterocycles. The van der Waals surface area contributed by atoms with Gasteiger partial charge in [0.1, 0.15) is 5.75 Å². The van der Waals surface area contributed by atoms with Crippen molar-refractivity contribution in [2.24, 2.45) is 5.92 Å². The monoisotopic (exact) mass is 247 g/mol. The predicted molar refractivity (Wildman–Crippen MR) is 71.6 cm³/mol. The van der Waals surface area contributed by atoms with Crippen LogP contribution in [0.2, 0.25) is 0 Å². The van der Waals surface area contributed by atoms with Crippen molar-refractivity contribution in [3.63, 3.8) is 0 Å². The molecule has 1 aliphatic rings. The number of hydrogen-bond acceptors (Lipinski definition) is 2. The number of amides is 1. The normalized spacial score (nSPS) is 22.8. The Kier molecular flexibility index (Phi) is 4.24. The number of carbonyl (C=O) groups is 1. The largest absolute Gasteiger partial charge is 0.497 e. The number of ether oxygens (including phenoxy) is 1. The minimum Gasteiger partial charge on any atom is -0.497 e. The number of carbonyl (C=O) groups excluding carboxylic acids is 1. The van der Waals surface area contributed by atoms with Gasteiger partial charge >= 0.3 is 0 Å². The maximum absolute atomic E-state index is 11.9. The molecule has 1 fully saturated rings. The van der Waals surface area contributed by atoms with Crippen LogP contribution in [0.4, 0.5) is 0 Å². The minimum atomic E-state index is 0.124. The SMILES string of the molecule is COc1ccc(CC(=O)NC2CCC(C)C2)cc1. The molecule has 18 heavy (non-hydrogen) atoms. The van der Waals surface area contributed by atoms with Crippen LogP contribution in [0.15, 0.2) is 24.3 Å². The second-order valence-electron chi connectivity index (χ2n) is 5.21. The van der Waals surface area contributed by atoms with Gasteiger partial charge in [0.15, 0.2) is 0 Å². The molecular weight excluding hydrogens is 226 g/mol. The third kappa shape index (κ3) is 3.49. The van der Waals surface area contributed by atoms with E-state index in [0.717, 1.165) is 30.1 Å². The van der Waals surface area contributed by atoms with E-state index in [9.17, 15) is 4.79 Å². The molecule has 3 heteroatoms. The fourth-order valence-electron chi connectivity index (χ4n) is 2.55. The van der Waals surface area contributed by atoms with Gasteiger partial charge in [-0.05, 0) is 42.9 Å². The van der Waals surface area contributed by atoms with Gasteiger partial charge in [-0.15, -0.1) is 0 Å². The molecule has 2 unspecified atom stereocenters. The lowest BCUT2D eigenvalue weighted by atomic mass is 10.1. The summed E-state index contributed by atoms with van der Waals surface area (Å²) in [6.45, 7) is 2.25. The number of rotatable bonds is 4. The van der Waals surface area contributed by atoms with Crippen LogP contribution >= 0.6 is 0 Å². The summed E-state index contributed by atoms with van der Waals surface area (Å²) < 4.78 is 5.09. The Balaban J connectivity index is 1.83. The van der Waals surface area contributed by atoms with E-state index in [1.54, 1.807) is 7.11 Å². The molecule has 1 aliphatic carbocycles. The van der Waals surface area contributed by atoms with Crippen LogP contribution in [0, 0.1) is 5.92 Å². The van der Waals surface area contributed by atoms with E-state index < -0.39 is 0 Å². The second kappa shape index (κ2) is 5.89. The molecule has 0 spiro atoms. The van der Waals surface area contributed by atoms with Gasteiger partial charge in [-0.2, -0.15) is 0 Å². The van der Waals surface area contributed by atoms with Gasteiger partial charge in [-0.25, -0.2) is 0 Å². The number of nitrogens with one attached hydrogen (secondary N) is 1. The molecular formula is C15H21NO2. The maximum Gasteiger partial charge on any atom is 0.224 e. The summed E-state index contributed by atoms with van der Waals surface area (Å²) in [5.41, 5.74) is 1.03. The molecule has 2 atom stereocenters. The molecule has 0 heterocycles. The molecule has 0 aliphatic heterocycles. The van der Waals surface area contributed by atoms with E-state index in [-0.39, 0.29) is 5.91 Å². The van der Waals surface area contributed by atoms with Crippen LogP contribution in [-0.4, -0.2) is 19.1 Å². The van der Waals surface area contributed by atoms with Crippen molar-refractivity contribution in [2.75, 3.05) is 7.11 Å². The highest BCUT2D eigenvalue weighted by Gasteiger charge is 2.22. The van der Waals surface area contributed by atoms with Crippen molar-refractivity contribution < 1.29 is 9.53 Å². The van der Waals surface area contributed by atoms with Crippen LogP contribution in [0.5, 0.6) is 5.75 Å². The van der Waals surface area contributed by atoms with Gasteiger partial charge in [-0.3, -0.25) is 4.79 Å². The first kappa shape index (κ1) is 12.9. The Morgan fingerprint density at radius 3 is 2.61 bits per heavy atom. The Morgan fingerprint density at radius 1 is 1.33 bits per heavy atom. The number of methoxy groups -OCH3 is 1. The minimum absolute atomic E-state index is 0.124. The summed E-state index contributed by atoms with van der Waals surface area (Å²) >= 11 is 0. The average molecular weight is 247 g/mol. The Bertz CT molecular complexity index is 399. The lowest BCUT2D eigenvalue weighted by Gasteiger charge is -2.12. The van der Waals surface area contributed by atoms with E-state index in [1.165, 1.54) is 6.42 Å². The van der Waals surface area contributed by atoms with Gasteiger partial charge in [0.05, 0.1) is 13.5 Å². The summed E-state index contributed by atoms with van der Waals surface area (Å²) in [7, 11) is 1.64. The zero-order valence-electron chi connectivity index (χ0n) is 11.1. The average Bonchev–Trinajstić information content (AvgIpc) is 2.75. The molecule has 1 aromatic rings. The Hall–Kier alpha value is -1.51. The molecule has 3 nitrogen and oxygen atoms in total. The Labute approximate surface area is 109 Å². The summed E-state index contributed by atoms with van der Waals surface area (Å²) in [4.78, 5) is 11.9. The summed E-state index contributed by atoms with van der Waals surface area (Å²) in [5, 5.41) is 3.12. The third-order valence-electron chi connectivity index (χ3n) is 3.58. The fraction of sp³-hybridized carbons (Fsp3) is 0.533. The van der Waals surface area contributed by atoms with Gasteiger partial charge in [0.2, 0.25) is 5.91 Å². The van der Waals surface area contributed by atoms with E-state index in [0.29, 0.717) is 12.5 Å². The van der Waals surface area contributed by atoms with Crippen molar-refractivity contribution in [3.05, 3.63) is 29.8 Å². The lowest BCUT2D eigenvalue weighted by Crippen LogP contribution is -2.34. The van der Waals surface area contributed by atoms with Gasteiger partial charge in [0, 0.05) is 6.04 Å². The predicted octanol–water partition coefficient (Wildman–Crippen LogP) is 2.54. The highest BCUT2D eigenvalue weighted by atomic mass is 16.5. The molecule has 1 aromatic carbocycles. The van der Waals surface area contributed by atoms with Crippen LogP contribution in [-0.2, 0) is 11.2 Å². The standard InChI is InChI=1S/C15H21NO2/c1-11-3-6-13(9-11)16-15(17)10-12-4-7-14(18-2)8-5-12/h4-5,7-8,11,13H,3,6,9-10H2,1-2H3,(H,16,17). The first-order chi connectivity index (χ1) is 8.67. The van der Waals surface area contributed by atoms with E-state index in [1.807, 2.05) is 24.3 Å². The van der Waals surface area contributed by atoms with Crippen LogP contribution in [0.3, 0.4) is 0 Å². The molecule has 0 radical (unpaired) electrons. The molecule has 1 saturated carbocycles. The Morgan fingerprint density at radius 2 is 2.06 bits per heavy atom. The molecule has 98 valence electrons. The first-order valence-electron chi connectivity index (χ1n) is 6.59. The molecule has 1 amide bonds. The lowest BCUT2D eigenvalue weighted by molar-refractivity contribution is -0.121. The number of benzene rings is 1. The molecule has 1 N–H and O–H groups in total. The van der Waals surface area contributed by atoms with Gasteiger partial charge < -0.3 is 10.1 Å². The van der Waals surface area contributed by atoms with Gasteiger partial charge in [0.25, 0.3) is 0 Å². The van der Waals surface area contributed by atoms with E-state index >= 15 is 0 Å². The number of hydrogen-bond donors (Lipinski definition) is 1. The van der Waals surface area contributed by atoms with E-state index in [2.05, 4.69) is 12.2 Å². The van der Waals surface area contributed by atoms with Gasteiger partial charge in [-0.1, -0.05) is 19.1 Å². The van der Waals surface area contributed by atoms with Crippen molar-refractivity contribution in [3.8, 4) is 5.75 Å². The quantitative estimate of drug-likeness (QED) is 0.888. The summed E-state index contributed by atoms with van der Waals surface area (Å²) in [6, 6.07) is 8.04. The third-order valence-corrected chi connectivity index (χ3v) is 3.58. The smallest absolute Gasteiger partial charge is 0.224 e. The molecule has 0 aromatic heterocycles. The second-order valence-corrected chi connectivity index (χ2v) is 5.21. The topological polar surface area (TPSA) is 38.3 Å². The molecule has 2 rings (SSSR count). The van der Waals surface area contributed by atoms with Crippen LogP contribution in [0.25, 0.3) is 0 Å². The van der Waals surface area contributed by atoms with E-state index in [4.69, 9.17) is 4.74 Å². The summed E-state index contributed by atoms with van der Waals surface area (Å²) in [5.74, 6) is 1.69. The van der Waals surface area contributed by atoms with Crippen molar-refractivity contribution >= 4 is 5.91 Å². The van der Waals surface area contributed by atoms with Crippen molar-refractivity contribution in [1.82, 2.24) is 5.32 Å². The fourth-order valence-corrected chi connectivity index (χ4v) is 2.55. The van der Waals surface area contributed by atoms with Crippen LogP contribution in [0.1, 0.15) is 31.7 Å². The van der Waals surface area contributed by atoms with Crippen LogP contribution < -0.4 is 10.1 Å². The summed E-state index contributed by atoms with van der Waals surface area (Å²) in [6.07, 6.45) is 3.92. The first-order valence-corrected chi connectivity index (χ1v) is 6.59. The van der Waals surface area contributed by atoms with Crippen molar-refractivity contribution in [2.45, 2.75) is 38.6 Å². The highest BCUT2D eigenvalue weighted by Crippen LogP contribution is 2.24. The zero-order chi connectivity index (χ0) is 13.0. The molecule has 0 bridgehead atoms. The maximum atomic E-state index is 11.9. The van der Waals surface area contributed by atoms with Crippen molar-refractivity contribution in [1.29, 1.82) is 0 Å². The zero-order valence-corrected chi connectivity index (χ0v) is 11.1.